The van der Waals surface area contributed by atoms with Crippen LogP contribution in [0.4, 0.5) is 5.82 Å². The first-order valence-electron chi connectivity index (χ1n) is 10.0. The number of rotatable bonds is 7. The van der Waals surface area contributed by atoms with Crippen LogP contribution in [0.3, 0.4) is 0 Å². The SMILES string of the molecule is CC(C)CN(C(=O)COC(=O)c1ccc(N2CCCC2)nn1)C1CCS(=O)(=O)C1. The average Bonchev–Trinajstić information content (AvgIpc) is 3.33. The summed E-state index contributed by atoms with van der Waals surface area (Å²) in [5.41, 5.74) is 0.0413. The second-order valence-electron chi connectivity index (χ2n) is 8.04. The fraction of sp³-hybridized carbons (Fsp3) is 0.684. The van der Waals surface area contributed by atoms with Crippen LogP contribution < -0.4 is 4.90 Å². The summed E-state index contributed by atoms with van der Waals surface area (Å²) >= 11 is 0. The lowest BCUT2D eigenvalue weighted by atomic mass is 10.1. The van der Waals surface area contributed by atoms with E-state index in [0.29, 0.717) is 13.0 Å². The topological polar surface area (TPSA) is 110 Å². The summed E-state index contributed by atoms with van der Waals surface area (Å²) in [4.78, 5) is 28.5. The highest BCUT2D eigenvalue weighted by atomic mass is 32.2. The maximum atomic E-state index is 12.7. The molecule has 2 aliphatic heterocycles. The molecular weight excluding hydrogens is 396 g/mol. The minimum absolute atomic E-state index is 0.0388. The lowest BCUT2D eigenvalue weighted by Gasteiger charge is -2.29. The molecule has 0 spiro atoms. The van der Waals surface area contributed by atoms with Crippen LogP contribution in [0.1, 0.15) is 43.6 Å². The Hall–Kier alpha value is -2.23. The molecular formula is C19H28N4O5S. The van der Waals surface area contributed by atoms with E-state index in [1.54, 1.807) is 12.1 Å². The summed E-state index contributed by atoms with van der Waals surface area (Å²) in [5, 5.41) is 8.00. The van der Waals surface area contributed by atoms with Crippen molar-refractivity contribution in [1.29, 1.82) is 0 Å². The van der Waals surface area contributed by atoms with Gasteiger partial charge in [0.05, 0.1) is 11.5 Å². The van der Waals surface area contributed by atoms with E-state index in [0.717, 1.165) is 31.7 Å². The number of hydrogen-bond donors (Lipinski definition) is 0. The van der Waals surface area contributed by atoms with Crippen molar-refractivity contribution < 1.29 is 22.7 Å². The van der Waals surface area contributed by atoms with Crippen molar-refractivity contribution in [2.24, 2.45) is 5.92 Å². The van der Waals surface area contributed by atoms with Gasteiger partial charge in [0.25, 0.3) is 5.91 Å². The number of aromatic nitrogens is 2. The lowest BCUT2D eigenvalue weighted by Crippen LogP contribution is -2.45. The third kappa shape index (κ3) is 5.65. The second kappa shape index (κ2) is 9.06. The predicted octanol–water partition coefficient (Wildman–Crippen LogP) is 0.905. The van der Waals surface area contributed by atoms with Gasteiger partial charge in [-0.15, -0.1) is 10.2 Å². The Labute approximate surface area is 171 Å². The molecule has 3 heterocycles. The molecule has 0 bridgehead atoms. The third-order valence-corrected chi connectivity index (χ3v) is 6.90. The second-order valence-corrected chi connectivity index (χ2v) is 10.3. The van der Waals surface area contributed by atoms with Crippen LogP contribution in [0.5, 0.6) is 0 Å². The van der Waals surface area contributed by atoms with Crippen LogP contribution in [-0.2, 0) is 19.4 Å². The number of nitrogens with zero attached hydrogens (tertiary/aromatic N) is 4. The van der Waals surface area contributed by atoms with Gasteiger partial charge in [0, 0.05) is 25.7 Å². The van der Waals surface area contributed by atoms with Gasteiger partial charge in [-0.25, -0.2) is 13.2 Å². The van der Waals surface area contributed by atoms with Gasteiger partial charge in [-0.05, 0) is 37.3 Å². The molecule has 10 heteroatoms. The summed E-state index contributed by atoms with van der Waals surface area (Å²) in [6.45, 7) is 5.73. The highest BCUT2D eigenvalue weighted by Gasteiger charge is 2.35. The number of anilines is 1. The molecule has 1 atom stereocenters. The smallest absolute Gasteiger partial charge is 0.359 e. The Balaban J connectivity index is 1.57. The first-order chi connectivity index (χ1) is 13.7. The summed E-state index contributed by atoms with van der Waals surface area (Å²) in [6.07, 6.45) is 2.64. The molecule has 2 fully saturated rings. The van der Waals surface area contributed by atoms with E-state index in [2.05, 4.69) is 15.1 Å². The van der Waals surface area contributed by atoms with Crippen molar-refractivity contribution in [2.75, 3.05) is 42.6 Å². The van der Waals surface area contributed by atoms with E-state index in [4.69, 9.17) is 4.74 Å². The minimum atomic E-state index is -3.12. The Kier molecular flexibility index (Phi) is 6.71. The molecule has 0 N–H and O–H groups in total. The quantitative estimate of drug-likeness (QED) is 0.594. The standard InChI is InChI=1S/C19H28N4O5S/c1-14(2)11-23(15-7-10-29(26,27)13-15)18(24)12-28-19(25)16-5-6-17(21-20-16)22-8-3-4-9-22/h5-6,14-15H,3-4,7-13H2,1-2H3. The average molecular weight is 425 g/mol. The van der Waals surface area contributed by atoms with Gasteiger partial charge in [0.1, 0.15) is 0 Å². The monoisotopic (exact) mass is 424 g/mol. The lowest BCUT2D eigenvalue weighted by molar-refractivity contribution is -0.137. The molecule has 1 unspecified atom stereocenters. The molecule has 3 rings (SSSR count). The van der Waals surface area contributed by atoms with E-state index >= 15 is 0 Å². The van der Waals surface area contributed by atoms with Crippen molar-refractivity contribution in [3.63, 3.8) is 0 Å². The molecule has 1 aromatic heterocycles. The van der Waals surface area contributed by atoms with Crippen LogP contribution in [0, 0.1) is 5.92 Å². The van der Waals surface area contributed by atoms with Gasteiger partial charge in [0.15, 0.2) is 28.0 Å². The Morgan fingerprint density at radius 3 is 2.52 bits per heavy atom. The van der Waals surface area contributed by atoms with E-state index in [-0.39, 0.29) is 29.2 Å². The van der Waals surface area contributed by atoms with Crippen molar-refractivity contribution >= 4 is 27.5 Å². The molecule has 0 radical (unpaired) electrons. The molecule has 29 heavy (non-hydrogen) atoms. The highest BCUT2D eigenvalue weighted by molar-refractivity contribution is 7.91. The Bertz CT molecular complexity index is 835. The number of esters is 1. The Morgan fingerprint density at radius 1 is 1.24 bits per heavy atom. The van der Waals surface area contributed by atoms with Crippen molar-refractivity contribution in [2.45, 2.75) is 39.2 Å². The number of amides is 1. The summed E-state index contributed by atoms with van der Waals surface area (Å²) in [5.74, 6) is -0.179. The van der Waals surface area contributed by atoms with E-state index < -0.39 is 28.3 Å². The number of sulfone groups is 1. The van der Waals surface area contributed by atoms with E-state index in [1.807, 2.05) is 13.8 Å². The summed E-state index contributed by atoms with van der Waals surface area (Å²) < 4.78 is 28.7. The fourth-order valence-electron chi connectivity index (χ4n) is 3.70. The van der Waals surface area contributed by atoms with Crippen molar-refractivity contribution in [3.8, 4) is 0 Å². The molecule has 2 aliphatic rings. The number of hydrogen-bond acceptors (Lipinski definition) is 8. The Morgan fingerprint density at radius 2 is 1.97 bits per heavy atom. The maximum absolute atomic E-state index is 12.7. The summed E-state index contributed by atoms with van der Waals surface area (Å²) in [6, 6.07) is 2.90. The van der Waals surface area contributed by atoms with Crippen LogP contribution in [0.15, 0.2) is 12.1 Å². The predicted molar refractivity (Wildman–Crippen MR) is 107 cm³/mol. The molecule has 0 saturated carbocycles. The van der Waals surface area contributed by atoms with E-state index in [9.17, 15) is 18.0 Å². The first-order valence-corrected chi connectivity index (χ1v) is 11.8. The molecule has 0 aromatic carbocycles. The van der Waals surface area contributed by atoms with E-state index in [1.165, 1.54) is 4.90 Å². The summed E-state index contributed by atoms with van der Waals surface area (Å²) in [7, 11) is -3.12. The molecule has 1 aromatic rings. The molecule has 160 valence electrons. The van der Waals surface area contributed by atoms with Gasteiger partial charge < -0.3 is 14.5 Å². The van der Waals surface area contributed by atoms with Gasteiger partial charge in [-0.3, -0.25) is 4.79 Å². The van der Waals surface area contributed by atoms with Crippen molar-refractivity contribution in [1.82, 2.24) is 15.1 Å². The fourth-order valence-corrected chi connectivity index (χ4v) is 5.43. The normalized spacial score (nSPS) is 20.8. The number of carbonyl (C=O) groups excluding carboxylic acids is 2. The molecule has 9 nitrogen and oxygen atoms in total. The number of ether oxygens (including phenoxy) is 1. The zero-order valence-electron chi connectivity index (χ0n) is 16.9. The van der Waals surface area contributed by atoms with Gasteiger partial charge >= 0.3 is 5.97 Å². The third-order valence-electron chi connectivity index (χ3n) is 5.15. The van der Waals surface area contributed by atoms with Crippen LogP contribution in [0.2, 0.25) is 0 Å². The van der Waals surface area contributed by atoms with Gasteiger partial charge in [-0.2, -0.15) is 0 Å². The first kappa shape index (κ1) is 21.5. The zero-order chi connectivity index (χ0) is 21.0. The molecule has 1 amide bonds. The molecule has 2 saturated heterocycles. The highest BCUT2D eigenvalue weighted by Crippen LogP contribution is 2.20. The van der Waals surface area contributed by atoms with Gasteiger partial charge in [-0.1, -0.05) is 13.8 Å². The van der Waals surface area contributed by atoms with Crippen LogP contribution >= 0.6 is 0 Å². The minimum Gasteiger partial charge on any atom is -0.451 e. The van der Waals surface area contributed by atoms with Crippen LogP contribution in [0.25, 0.3) is 0 Å². The van der Waals surface area contributed by atoms with Crippen LogP contribution in [-0.4, -0.2) is 79.2 Å². The largest absolute Gasteiger partial charge is 0.451 e. The molecule has 0 aliphatic carbocycles. The number of carbonyl (C=O) groups is 2. The maximum Gasteiger partial charge on any atom is 0.359 e. The van der Waals surface area contributed by atoms with Crippen molar-refractivity contribution in [3.05, 3.63) is 17.8 Å². The van der Waals surface area contributed by atoms with Gasteiger partial charge in [0.2, 0.25) is 0 Å². The zero-order valence-corrected chi connectivity index (χ0v) is 17.7.